The van der Waals surface area contributed by atoms with Crippen LogP contribution in [0.5, 0.6) is 5.19 Å². The molecular weight excluding hydrogens is 407 g/mol. The molecule has 0 unspecified atom stereocenters. The van der Waals surface area contributed by atoms with Crippen LogP contribution in [0.1, 0.15) is 25.3 Å². The summed E-state index contributed by atoms with van der Waals surface area (Å²) < 4.78 is 20.6. The Hall–Kier alpha value is -2.12. The Morgan fingerprint density at radius 1 is 1.24 bits per heavy atom. The molecule has 29 heavy (non-hydrogen) atoms. The molecule has 1 aliphatic rings. The van der Waals surface area contributed by atoms with E-state index in [-0.39, 0.29) is 17.8 Å². The third-order valence-electron chi connectivity index (χ3n) is 5.00. The number of thiazole rings is 1. The summed E-state index contributed by atoms with van der Waals surface area (Å²) in [6, 6.07) is 13.2. The number of benzene rings is 2. The topological polar surface area (TPSA) is 42.4 Å². The van der Waals surface area contributed by atoms with Crippen LogP contribution in [0, 0.1) is 5.82 Å². The zero-order valence-electron chi connectivity index (χ0n) is 16.3. The number of aromatic nitrogens is 1. The number of ether oxygens (including phenoxy) is 1. The van der Waals surface area contributed by atoms with Crippen LogP contribution in [-0.4, -0.2) is 40.7 Å². The van der Waals surface area contributed by atoms with Crippen LogP contribution in [0.4, 0.5) is 4.39 Å². The number of hydrogen-bond acceptors (Lipinski definition) is 5. The fourth-order valence-corrected chi connectivity index (χ4v) is 5.02. The van der Waals surface area contributed by atoms with Gasteiger partial charge in [-0.05, 0) is 35.6 Å². The lowest BCUT2D eigenvalue weighted by Crippen LogP contribution is -2.42. The van der Waals surface area contributed by atoms with Crippen molar-refractivity contribution in [3.05, 3.63) is 53.8 Å². The number of fused-ring (bicyclic) bond motifs is 1. The summed E-state index contributed by atoms with van der Waals surface area (Å²) in [5.41, 5.74) is 1.41. The van der Waals surface area contributed by atoms with Crippen molar-refractivity contribution in [2.45, 2.75) is 37.2 Å². The van der Waals surface area contributed by atoms with Crippen molar-refractivity contribution in [3.8, 4) is 5.19 Å². The number of likely N-dealkylation sites (tertiary alicyclic amines) is 1. The zero-order chi connectivity index (χ0) is 20.2. The van der Waals surface area contributed by atoms with E-state index >= 15 is 0 Å². The van der Waals surface area contributed by atoms with Gasteiger partial charge in [-0.2, -0.15) is 4.98 Å². The Morgan fingerprint density at radius 2 is 2.00 bits per heavy atom. The average Bonchev–Trinajstić information content (AvgIpc) is 3.14. The minimum absolute atomic E-state index is 0.00743. The van der Waals surface area contributed by atoms with E-state index in [1.54, 1.807) is 17.8 Å². The summed E-state index contributed by atoms with van der Waals surface area (Å²) in [6.45, 7) is 3.48. The molecule has 152 valence electrons. The molecule has 4 rings (SSSR count). The summed E-state index contributed by atoms with van der Waals surface area (Å²) in [6.07, 6.45) is 1.96. The molecule has 3 aromatic rings. The minimum Gasteiger partial charge on any atom is -0.467 e. The van der Waals surface area contributed by atoms with Gasteiger partial charge in [-0.3, -0.25) is 4.79 Å². The maximum Gasteiger partial charge on any atom is 0.274 e. The molecule has 2 heterocycles. The third-order valence-corrected chi connectivity index (χ3v) is 6.81. The Balaban J connectivity index is 1.29. The highest BCUT2D eigenvalue weighted by Gasteiger charge is 2.25. The van der Waals surface area contributed by atoms with E-state index in [0.29, 0.717) is 30.2 Å². The summed E-state index contributed by atoms with van der Waals surface area (Å²) in [5.74, 6) is 0.873. The van der Waals surface area contributed by atoms with Gasteiger partial charge in [-0.15, -0.1) is 11.8 Å². The Labute approximate surface area is 178 Å². The molecule has 1 aromatic heterocycles. The van der Waals surface area contributed by atoms with Gasteiger partial charge in [-0.1, -0.05) is 36.5 Å². The molecule has 0 aliphatic carbocycles. The number of carbonyl (C=O) groups excluding carboxylic acids is 1. The molecule has 0 spiro atoms. The SMILES string of the molecule is CCSc1ccc(CC(=O)N2CCC(Oc3nc4c(F)cccc4s3)CC2)cc1. The second-order valence-electron chi connectivity index (χ2n) is 7.02. The molecule has 1 aliphatic heterocycles. The maximum atomic E-state index is 13.8. The number of hydrogen-bond donors (Lipinski definition) is 0. The van der Waals surface area contributed by atoms with Gasteiger partial charge in [0.15, 0.2) is 0 Å². The van der Waals surface area contributed by atoms with Crippen molar-refractivity contribution in [3.63, 3.8) is 0 Å². The molecule has 0 atom stereocenters. The second-order valence-corrected chi connectivity index (χ2v) is 9.35. The van der Waals surface area contributed by atoms with E-state index in [4.69, 9.17) is 4.74 Å². The molecule has 7 heteroatoms. The van der Waals surface area contributed by atoms with Crippen LogP contribution in [0.15, 0.2) is 47.4 Å². The van der Waals surface area contributed by atoms with E-state index in [1.165, 1.54) is 22.3 Å². The second kappa shape index (κ2) is 9.13. The zero-order valence-corrected chi connectivity index (χ0v) is 17.9. The Bertz CT molecular complexity index is 982. The standard InChI is InChI=1S/C22H23FN2O2S2/c1-2-28-17-8-6-15(7-9-17)14-20(26)25-12-10-16(11-13-25)27-22-24-21-18(23)4-3-5-19(21)29-22/h3-9,16H,2,10-14H2,1H3. The van der Waals surface area contributed by atoms with E-state index in [2.05, 4.69) is 24.0 Å². The first kappa shape index (κ1) is 20.2. The van der Waals surface area contributed by atoms with E-state index < -0.39 is 0 Å². The van der Waals surface area contributed by atoms with Gasteiger partial charge in [0.05, 0.1) is 11.1 Å². The first-order valence-corrected chi connectivity index (χ1v) is 11.6. The molecule has 4 nitrogen and oxygen atoms in total. The van der Waals surface area contributed by atoms with Crippen molar-refractivity contribution < 1.29 is 13.9 Å². The highest BCUT2D eigenvalue weighted by Crippen LogP contribution is 2.31. The monoisotopic (exact) mass is 430 g/mol. The van der Waals surface area contributed by atoms with Crippen molar-refractivity contribution in [2.24, 2.45) is 0 Å². The fourth-order valence-electron chi connectivity index (χ4n) is 3.47. The van der Waals surface area contributed by atoms with Crippen LogP contribution < -0.4 is 4.74 Å². The first-order chi connectivity index (χ1) is 14.1. The van der Waals surface area contributed by atoms with Crippen LogP contribution in [0.25, 0.3) is 10.2 Å². The summed E-state index contributed by atoms with van der Waals surface area (Å²) >= 11 is 3.16. The van der Waals surface area contributed by atoms with Crippen LogP contribution in [0.3, 0.4) is 0 Å². The number of carbonyl (C=O) groups is 1. The van der Waals surface area contributed by atoms with Gasteiger partial charge in [0.25, 0.3) is 5.19 Å². The summed E-state index contributed by atoms with van der Waals surface area (Å²) in [5, 5.41) is 0.500. The molecule has 2 aromatic carbocycles. The van der Waals surface area contributed by atoms with Crippen LogP contribution >= 0.6 is 23.1 Å². The molecule has 1 saturated heterocycles. The first-order valence-electron chi connectivity index (χ1n) is 9.83. The maximum absolute atomic E-state index is 13.8. The Kier molecular flexibility index (Phi) is 6.35. The fraction of sp³-hybridized carbons (Fsp3) is 0.364. The molecule has 0 bridgehead atoms. The molecule has 1 fully saturated rings. The van der Waals surface area contributed by atoms with Gasteiger partial charge >= 0.3 is 0 Å². The van der Waals surface area contributed by atoms with Gasteiger partial charge in [0, 0.05) is 30.8 Å². The smallest absolute Gasteiger partial charge is 0.274 e. The summed E-state index contributed by atoms with van der Waals surface area (Å²) in [4.78, 5) is 20.0. The van der Waals surface area contributed by atoms with Gasteiger partial charge < -0.3 is 9.64 Å². The van der Waals surface area contributed by atoms with Crippen molar-refractivity contribution in [1.82, 2.24) is 9.88 Å². The summed E-state index contributed by atoms with van der Waals surface area (Å²) in [7, 11) is 0. The number of thioether (sulfide) groups is 1. The predicted octanol–water partition coefficient (Wildman–Crippen LogP) is 5.16. The molecule has 1 amide bonds. The molecular formula is C22H23FN2O2S2. The van der Waals surface area contributed by atoms with Crippen molar-refractivity contribution in [2.75, 3.05) is 18.8 Å². The molecule has 0 N–H and O–H groups in total. The minimum atomic E-state index is -0.324. The quantitative estimate of drug-likeness (QED) is 0.507. The third kappa shape index (κ3) is 4.90. The highest BCUT2D eigenvalue weighted by atomic mass is 32.2. The number of halogens is 1. The van der Waals surface area contributed by atoms with E-state index in [1.807, 2.05) is 23.1 Å². The highest BCUT2D eigenvalue weighted by molar-refractivity contribution is 7.99. The Morgan fingerprint density at radius 3 is 2.69 bits per heavy atom. The number of nitrogens with zero attached hydrogens (tertiary/aromatic N) is 2. The molecule has 0 saturated carbocycles. The largest absolute Gasteiger partial charge is 0.467 e. The lowest BCUT2D eigenvalue weighted by Gasteiger charge is -2.31. The van der Waals surface area contributed by atoms with Crippen LogP contribution in [0.2, 0.25) is 0 Å². The normalized spacial score (nSPS) is 15.0. The van der Waals surface area contributed by atoms with Crippen molar-refractivity contribution >= 4 is 39.2 Å². The van der Waals surface area contributed by atoms with Gasteiger partial charge in [0.1, 0.15) is 17.4 Å². The van der Waals surface area contributed by atoms with Gasteiger partial charge in [0.2, 0.25) is 5.91 Å². The number of rotatable bonds is 6. The average molecular weight is 431 g/mol. The predicted molar refractivity (Wildman–Crippen MR) is 116 cm³/mol. The van der Waals surface area contributed by atoms with Crippen LogP contribution in [-0.2, 0) is 11.2 Å². The lowest BCUT2D eigenvalue weighted by molar-refractivity contribution is -0.132. The lowest BCUT2D eigenvalue weighted by atomic mass is 10.1. The number of amides is 1. The number of piperidine rings is 1. The van der Waals surface area contributed by atoms with Gasteiger partial charge in [-0.25, -0.2) is 4.39 Å². The molecule has 0 radical (unpaired) electrons. The number of para-hydroxylation sites is 1. The van der Waals surface area contributed by atoms with E-state index in [9.17, 15) is 9.18 Å². The van der Waals surface area contributed by atoms with Crippen molar-refractivity contribution in [1.29, 1.82) is 0 Å². The van der Waals surface area contributed by atoms with E-state index in [0.717, 1.165) is 28.9 Å².